The van der Waals surface area contributed by atoms with Crippen molar-refractivity contribution in [3.63, 3.8) is 0 Å². The second-order valence-corrected chi connectivity index (χ2v) is 6.31. The quantitative estimate of drug-likeness (QED) is 0.573. The fourth-order valence-corrected chi connectivity index (χ4v) is 2.98. The first kappa shape index (κ1) is 15.0. The predicted molar refractivity (Wildman–Crippen MR) is 83.7 cm³/mol. The van der Waals surface area contributed by atoms with E-state index in [1.54, 1.807) is 24.2 Å². The minimum absolute atomic E-state index is 0.567. The Morgan fingerprint density at radius 3 is 2.60 bits per heavy atom. The van der Waals surface area contributed by atoms with E-state index in [2.05, 4.69) is 40.5 Å². The Bertz CT molecular complexity index is 522. The van der Waals surface area contributed by atoms with Crippen molar-refractivity contribution in [2.24, 2.45) is 5.92 Å². The molecule has 20 heavy (non-hydrogen) atoms. The van der Waals surface area contributed by atoms with Crippen molar-refractivity contribution < 1.29 is 0 Å². The third-order valence-electron chi connectivity index (χ3n) is 2.93. The highest BCUT2D eigenvalue weighted by molar-refractivity contribution is 7.99. The van der Waals surface area contributed by atoms with Crippen LogP contribution >= 0.6 is 11.8 Å². The Morgan fingerprint density at radius 2 is 1.95 bits per heavy atom. The molecule has 0 unspecified atom stereocenters. The fraction of sp³-hybridized carbons (Fsp3) is 0.533. The molecule has 0 amide bonds. The highest BCUT2D eigenvalue weighted by atomic mass is 32.2. The standard InChI is InChI=1S/C15H22N4S/c1-4-5-10-20-15-18-17-14(19(15)11-12(2)3)13-6-8-16-9-7-13/h6-9,12H,4-5,10-11H2,1-3H3. The van der Waals surface area contributed by atoms with Gasteiger partial charge in [-0.1, -0.05) is 39.0 Å². The van der Waals surface area contributed by atoms with Crippen molar-refractivity contribution in [1.29, 1.82) is 0 Å². The first-order chi connectivity index (χ1) is 9.72. The number of unbranched alkanes of at least 4 members (excludes halogenated alkanes) is 1. The second-order valence-electron chi connectivity index (χ2n) is 5.25. The maximum absolute atomic E-state index is 4.38. The monoisotopic (exact) mass is 290 g/mol. The lowest BCUT2D eigenvalue weighted by atomic mass is 10.2. The van der Waals surface area contributed by atoms with Crippen LogP contribution in [-0.4, -0.2) is 25.5 Å². The minimum Gasteiger partial charge on any atom is -0.302 e. The van der Waals surface area contributed by atoms with Crippen LogP contribution in [0.4, 0.5) is 0 Å². The van der Waals surface area contributed by atoms with Gasteiger partial charge in [0.1, 0.15) is 0 Å². The van der Waals surface area contributed by atoms with Crippen molar-refractivity contribution in [2.45, 2.75) is 45.3 Å². The topological polar surface area (TPSA) is 43.6 Å². The summed E-state index contributed by atoms with van der Waals surface area (Å²) in [5.41, 5.74) is 1.08. The van der Waals surface area contributed by atoms with Gasteiger partial charge in [-0.05, 0) is 24.5 Å². The Morgan fingerprint density at radius 1 is 1.20 bits per heavy atom. The van der Waals surface area contributed by atoms with Crippen LogP contribution in [0, 0.1) is 5.92 Å². The molecule has 0 spiro atoms. The third kappa shape index (κ3) is 3.82. The van der Waals surface area contributed by atoms with Crippen molar-refractivity contribution in [2.75, 3.05) is 5.75 Å². The molecule has 0 fully saturated rings. The number of rotatable bonds is 7. The maximum atomic E-state index is 4.38. The molecule has 0 N–H and O–H groups in total. The third-order valence-corrected chi connectivity index (χ3v) is 3.99. The minimum atomic E-state index is 0.567. The normalized spacial score (nSPS) is 11.2. The number of pyridine rings is 1. The van der Waals surface area contributed by atoms with Gasteiger partial charge in [0.2, 0.25) is 0 Å². The summed E-state index contributed by atoms with van der Waals surface area (Å²) in [7, 11) is 0. The molecule has 0 aliphatic carbocycles. The second kappa shape index (κ2) is 7.43. The van der Waals surface area contributed by atoms with Crippen LogP contribution in [0.25, 0.3) is 11.4 Å². The number of nitrogens with zero attached hydrogens (tertiary/aromatic N) is 4. The molecule has 0 saturated heterocycles. The van der Waals surface area contributed by atoms with Crippen LogP contribution in [0.15, 0.2) is 29.7 Å². The van der Waals surface area contributed by atoms with Gasteiger partial charge >= 0.3 is 0 Å². The highest BCUT2D eigenvalue weighted by Gasteiger charge is 2.14. The average molecular weight is 290 g/mol. The summed E-state index contributed by atoms with van der Waals surface area (Å²) in [4.78, 5) is 4.07. The van der Waals surface area contributed by atoms with E-state index in [4.69, 9.17) is 0 Å². The van der Waals surface area contributed by atoms with Gasteiger partial charge in [-0.25, -0.2) is 0 Å². The molecule has 0 saturated carbocycles. The van der Waals surface area contributed by atoms with E-state index in [1.807, 2.05) is 12.1 Å². The molecule has 0 aliphatic rings. The Labute approximate surface area is 125 Å². The van der Waals surface area contributed by atoms with Crippen molar-refractivity contribution in [1.82, 2.24) is 19.7 Å². The summed E-state index contributed by atoms with van der Waals surface area (Å²) in [6.07, 6.45) is 6.02. The molecule has 108 valence electrons. The lowest BCUT2D eigenvalue weighted by Crippen LogP contribution is -2.08. The molecule has 2 aromatic heterocycles. The largest absolute Gasteiger partial charge is 0.302 e. The van der Waals surface area contributed by atoms with Crippen molar-refractivity contribution in [3.8, 4) is 11.4 Å². The van der Waals surface area contributed by atoms with Crippen LogP contribution in [0.5, 0.6) is 0 Å². The van der Waals surface area contributed by atoms with Gasteiger partial charge in [-0.15, -0.1) is 10.2 Å². The summed E-state index contributed by atoms with van der Waals surface area (Å²) in [6.45, 7) is 7.59. The summed E-state index contributed by atoms with van der Waals surface area (Å²) in [5, 5.41) is 9.78. The van der Waals surface area contributed by atoms with E-state index in [9.17, 15) is 0 Å². The molecule has 0 bridgehead atoms. The van der Waals surface area contributed by atoms with Gasteiger partial charge < -0.3 is 4.57 Å². The van der Waals surface area contributed by atoms with E-state index in [0.29, 0.717) is 5.92 Å². The van der Waals surface area contributed by atoms with E-state index in [1.165, 1.54) is 12.8 Å². The number of hydrogen-bond donors (Lipinski definition) is 0. The van der Waals surface area contributed by atoms with Crippen molar-refractivity contribution >= 4 is 11.8 Å². The number of hydrogen-bond acceptors (Lipinski definition) is 4. The van der Waals surface area contributed by atoms with Gasteiger partial charge in [-0.2, -0.15) is 0 Å². The molecule has 4 nitrogen and oxygen atoms in total. The van der Waals surface area contributed by atoms with Crippen molar-refractivity contribution in [3.05, 3.63) is 24.5 Å². The van der Waals surface area contributed by atoms with Crippen LogP contribution in [-0.2, 0) is 6.54 Å². The number of aromatic nitrogens is 4. The van der Waals surface area contributed by atoms with Gasteiger partial charge in [0.15, 0.2) is 11.0 Å². The van der Waals surface area contributed by atoms with E-state index in [-0.39, 0.29) is 0 Å². The molecule has 5 heteroatoms. The molecular weight excluding hydrogens is 268 g/mol. The van der Waals surface area contributed by atoms with Gasteiger partial charge in [0, 0.05) is 30.3 Å². The molecule has 0 aliphatic heterocycles. The first-order valence-electron chi connectivity index (χ1n) is 7.18. The predicted octanol–water partition coefficient (Wildman–Crippen LogP) is 3.89. The maximum Gasteiger partial charge on any atom is 0.191 e. The number of thioether (sulfide) groups is 1. The van der Waals surface area contributed by atoms with Gasteiger partial charge in [-0.3, -0.25) is 4.98 Å². The fourth-order valence-electron chi connectivity index (χ4n) is 1.95. The highest BCUT2D eigenvalue weighted by Crippen LogP contribution is 2.25. The molecule has 0 atom stereocenters. The molecule has 2 rings (SSSR count). The lowest BCUT2D eigenvalue weighted by molar-refractivity contribution is 0.498. The average Bonchev–Trinajstić information content (AvgIpc) is 2.82. The first-order valence-corrected chi connectivity index (χ1v) is 8.17. The molecule has 2 aromatic rings. The molecule has 0 aromatic carbocycles. The van der Waals surface area contributed by atoms with Crippen LogP contribution in [0.2, 0.25) is 0 Å². The summed E-state index contributed by atoms with van der Waals surface area (Å²) >= 11 is 1.80. The lowest BCUT2D eigenvalue weighted by Gasteiger charge is -2.12. The zero-order valence-corrected chi connectivity index (χ0v) is 13.2. The van der Waals surface area contributed by atoms with E-state index >= 15 is 0 Å². The smallest absolute Gasteiger partial charge is 0.191 e. The Balaban J connectivity index is 2.27. The van der Waals surface area contributed by atoms with Crippen LogP contribution in [0.3, 0.4) is 0 Å². The van der Waals surface area contributed by atoms with Gasteiger partial charge in [0.05, 0.1) is 0 Å². The van der Waals surface area contributed by atoms with E-state index < -0.39 is 0 Å². The Hall–Kier alpha value is -1.36. The molecular formula is C15H22N4S. The Kier molecular flexibility index (Phi) is 5.59. The summed E-state index contributed by atoms with van der Waals surface area (Å²) in [6, 6.07) is 3.97. The zero-order chi connectivity index (χ0) is 14.4. The van der Waals surface area contributed by atoms with E-state index in [0.717, 1.165) is 28.8 Å². The van der Waals surface area contributed by atoms with Gasteiger partial charge in [0.25, 0.3) is 0 Å². The summed E-state index contributed by atoms with van der Waals surface area (Å²) < 4.78 is 2.24. The van der Waals surface area contributed by atoms with Crippen LogP contribution < -0.4 is 0 Å². The molecule has 2 heterocycles. The summed E-state index contributed by atoms with van der Waals surface area (Å²) in [5.74, 6) is 2.61. The zero-order valence-electron chi connectivity index (χ0n) is 12.4. The SMILES string of the molecule is CCCCSc1nnc(-c2ccncc2)n1CC(C)C. The molecule has 0 radical (unpaired) electrons. The van der Waals surface area contributed by atoms with Crippen LogP contribution in [0.1, 0.15) is 33.6 Å².